The summed E-state index contributed by atoms with van der Waals surface area (Å²) in [6.45, 7) is 2.64. The van der Waals surface area contributed by atoms with Crippen molar-refractivity contribution < 1.29 is 32.2 Å². The number of methoxy groups -OCH3 is 1. The number of likely N-dealkylation sites (tertiary alicyclic amines) is 2. The number of carbonyl (C=O) groups excluding carboxylic acids is 2. The van der Waals surface area contributed by atoms with Crippen molar-refractivity contribution in [3.63, 3.8) is 0 Å². The van der Waals surface area contributed by atoms with E-state index in [9.17, 15) is 22.8 Å². The number of nitrogens with one attached hydrogen (secondary N) is 1. The number of rotatable bonds is 8. The largest absolute Gasteiger partial charge is 0.480 e. The smallest absolute Gasteiger partial charge is 0.409 e. The lowest BCUT2D eigenvalue weighted by Gasteiger charge is -2.31. The molecular formula is C27H33F3N8O4. The van der Waals surface area contributed by atoms with Gasteiger partial charge in [-0.1, -0.05) is 6.92 Å². The van der Waals surface area contributed by atoms with Crippen molar-refractivity contribution in [3.8, 4) is 17.1 Å². The molecule has 0 bridgehead atoms. The van der Waals surface area contributed by atoms with E-state index in [1.807, 2.05) is 17.9 Å². The number of amides is 2. The fourth-order valence-corrected chi connectivity index (χ4v) is 5.24. The number of aromatic nitrogens is 4. The molecule has 2 aliphatic heterocycles. The molecule has 2 saturated heterocycles. The highest BCUT2D eigenvalue weighted by Crippen LogP contribution is 2.33. The van der Waals surface area contributed by atoms with E-state index in [1.54, 1.807) is 10.6 Å². The standard InChI is InChI=1S/C27H33F3N8O4/c1-3-8-42-26(40)37-13-19(28)20(14-37)35-24(39)18-9-16(11-32-25(18)41-2)21-10-17(22-23(31)33-15-34-38(21)22)12-36-6-4-27(29,30)5-7-36/h9-11,15,19-20H,3-8,12-14H2,1-2H3,(H,35,39)(H2,31,33,34)/t19-,20+/m0/s1. The number of ether oxygens (including phenoxy) is 2. The molecule has 5 rings (SSSR count). The fourth-order valence-electron chi connectivity index (χ4n) is 5.24. The third kappa shape index (κ3) is 6.05. The van der Waals surface area contributed by atoms with Gasteiger partial charge in [0.15, 0.2) is 5.82 Å². The fraction of sp³-hybridized carbons (Fsp3) is 0.519. The van der Waals surface area contributed by atoms with Gasteiger partial charge in [-0.05, 0) is 24.1 Å². The lowest BCUT2D eigenvalue weighted by molar-refractivity contribution is -0.0565. The van der Waals surface area contributed by atoms with Crippen LogP contribution in [0.25, 0.3) is 16.8 Å². The summed E-state index contributed by atoms with van der Waals surface area (Å²) in [7, 11) is 1.36. The molecule has 12 nitrogen and oxygen atoms in total. The van der Waals surface area contributed by atoms with E-state index in [-0.39, 0.29) is 62.9 Å². The van der Waals surface area contributed by atoms with Crippen molar-refractivity contribution >= 4 is 23.3 Å². The van der Waals surface area contributed by atoms with Crippen LogP contribution in [-0.2, 0) is 11.3 Å². The molecule has 2 amide bonds. The summed E-state index contributed by atoms with van der Waals surface area (Å²) in [5.74, 6) is -3.07. The lowest BCUT2D eigenvalue weighted by atomic mass is 10.1. The van der Waals surface area contributed by atoms with E-state index in [2.05, 4.69) is 20.4 Å². The van der Waals surface area contributed by atoms with E-state index >= 15 is 0 Å². The van der Waals surface area contributed by atoms with Crippen molar-refractivity contribution in [1.29, 1.82) is 0 Å². The molecule has 0 saturated carbocycles. The van der Waals surface area contributed by atoms with Crippen molar-refractivity contribution in [2.75, 3.05) is 45.6 Å². The van der Waals surface area contributed by atoms with Crippen LogP contribution in [0.2, 0.25) is 0 Å². The minimum absolute atomic E-state index is 0.0216. The van der Waals surface area contributed by atoms with Crippen LogP contribution in [0.1, 0.15) is 42.1 Å². The Labute approximate surface area is 240 Å². The maximum atomic E-state index is 14.8. The van der Waals surface area contributed by atoms with Crippen LogP contribution in [0, 0.1) is 0 Å². The van der Waals surface area contributed by atoms with Crippen molar-refractivity contribution in [2.45, 2.75) is 50.9 Å². The molecule has 0 radical (unpaired) electrons. The first-order valence-electron chi connectivity index (χ1n) is 13.7. The average molecular weight is 591 g/mol. The third-order valence-electron chi connectivity index (χ3n) is 7.48. The summed E-state index contributed by atoms with van der Waals surface area (Å²) in [5, 5.41) is 6.99. The normalized spacial score (nSPS) is 20.5. The number of anilines is 1. The number of halogens is 3. The summed E-state index contributed by atoms with van der Waals surface area (Å²) in [4.78, 5) is 37.1. The average Bonchev–Trinajstić information content (AvgIpc) is 3.53. The van der Waals surface area contributed by atoms with Gasteiger partial charge in [0, 0.05) is 50.8 Å². The van der Waals surface area contributed by atoms with Crippen molar-refractivity contribution in [1.82, 2.24) is 34.7 Å². The maximum Gasteiger partial charge on any atom is 0.409 e. The van der Waals surface area contributed by atoms with Gasteiger partial charge in [0.2, 0.25) is 5.88 Å². The lowest BCUT2D eigenvalue weighted by Crippen LogP contribution is -2.42. The van der Waals surface area contributed by atoms with Gasteiger partial charge in [-0.15, -0.1) is 0 Å². The van der Waals surface area contributed by atoms with Crippen LogP contribution in [0.3, 0.4) is 0 Å². The monoisotopic (exact) mass is 590 g/mol. The van der Waals surface area contributed by atoms with Crippen LogP contribution >= 0.6 is 0 Å². The van der Waals surface area contributed by atoms with Crippen LogP contribution < -0.4 is 15.8 Å². The topological polar surface area (TPSA) is 140 Å². The number of pyridine rings is 1. The summed E-state index contributed by atoms with van der Waals surface area (Å²) in [5.41, 5.74) is 8.52. The Morgan fingerprint density at radius 1 is 1.19 bits per heavy atom. The first-order chi connectivity index (χ1) is 20.1. The molecule has 0 unspecified atom stereocenters. The molecule has 3 aromatic heterocycles. The van der Waals surface area contributed by atoms with E-state index in [1.165, 1.54) is 24.5 Å². The zero-order chi connectivity index (χ0) is 30.0. The molecule has 0 aromatic carbocycles. The zero-order valence-corrected chi connectivity index (χ0v) is 23.4. The van der Waals surface area contributed by atoms with Gasteiger partial charge in [0.1, 0.15) is 23.6 Å². The molecule has 2 atom stereocenters. The summed E-state index contributed by atoms with van der Waals surface area (Å²) >= 11 is 0. The number of fused-ring (bicyclic) bond motifs is 1. The second-order valence-electron chi connectivity index (χ2n) is 10.5. The molecule has 0 spiro atoms. The highest BCUT2D eigenvalue weighted by molar-refractivity contribution is 5.98. The zero-order valence-electron chi connectivity index (χ0n) is 23.4. The molecule has 226 valence electrons. The van der Waals surface area contributed by atoms with E-state index in [0.29, 0.717) is 29.7 Å². The van der Waals surface area contributed by atoms with Gasteiger partial charge in [-0.2, -0.15) is 5.10 Å². The van der Waals surface area contributed by atoms with E-state index < -0.39 is 30.1 Å². The van der Waals surface area contributed by atoms with Crippen LogP contribution in [-0.4, -0.2) is 99.4 Å². The summed E-state index contributed by atoms with van der Waals surface area (Å²) in [6, 6.07) is 2.40. The van der Waals surface area contributed by atoms with Gasteiger partial charge >= 0.3 is 6.09 Å². The Kier molecular flexibility index (Phi) is 8.38. The molecule has 3 N–H and O–H groups in total. The SMILES string of the molecule is CCCOC(=O)N1C[C@H](F)[C@H](NC(=O)c2cc(-c3cc(CN4CCC(F)(F)CC4)c4c(N)ncnn34)cnc2OC)C1. The highest BCUT2D eigenvalue weighted by Gasteiger charge is 2.38. The van der Waals surface area contributed by atoms with Crippen molar-refractivity contribution in [3.05, 3.63) is 35.8 Å². The van der Waals surface area contributed by atoms with Gasteiger partial charge in [-0.25, -0.2) is 32.4 Å². The first-order valence-corrected chi connectivity index (χ1v) is 13.7. The number of piperidine rings is 1. The van der Waals surface area contributed by atoms with Crippen LogP contribution in [0.4, 0.5) is 23.8 Å². The molecule has 3 aromatic rings. The first kappa shape index (κ1) is 29.4. The number of nitrogens with two attached hydrogens (primary N) is 1. The summed E-state index contributed by atoms with van der Waals surface area (Å²) in [6.07, 6.45) is 0.856. The Morgan fingerprint density at radius 3 is 2.67 bits per heavy atom. The second kappa shape index (κ2) is 12.0. The Balaban J connectivity index is 1.40. The van der Waals surface area contributed by atoms with Gasteiger partial charge < -0.3 is 25.4 Å². The van der Waals surface area contributed by atoms with Crippen LogP contribution in [0.5, 0.6) is 5.88 Å². The number of nitrogens with zero attached hydrogens (tertiary/aromatic N) is 6. The highest BCUT2D eigenvalue weighted by atomic mass is 19.3. The maximum absolute atomic E-state index is 14.8. The molecule has 2 aliphatic rings. The summed E-state index contributed by atoms with van der Waals surface area (Å²) < 4.78 is 54.2. The number of alkyl halides is 3. The Hall–Kier alpha value is -4.14. The van der Waals surface area contributed by atoms with E-state index in [4.69, 9.17) is 15.2 Å². The second-order valence-corrected chi connectivity index (χ2v) is 10.5. The van der Waals surface area contributed by atoms with Crippen LogP contribution in [0.15, 0.2) is 24.7 Å². The van der Waals surface area contributed by atoms with E-state index in [0.717, 1.165) is 5.56 Å². The molecule has 15 heteroatoms. The van der Waals surface area contributed by atoms with Gasteiger partial charge in [-0.3, -0.25) is 9.69 Å². The van der Waals surface area contributed by atoms with Gasteiger partial charge in [0.25, 0.3) is 11.8 Å². The Morgan fingerprint density at radius 2 is 1.95 bits per heavy atom. The number of hydrogen-bond acceptors (Lipinski definition) is 9. The quantitative estimate of drug-likeness (QED) is 0.405. The minimum Gasteiger partial charge on any atom is -0.480 e. The number of nitrogen functional groups attached to an aromatic ring is 1. The molecule has 5 heterocycles. The molecular weight excluding hydrogens is 557 g/mol. The minimum atomic E-state index is -2.67. The molecule has 42 heavy (non-hydrogen) atoms. The van der Waals surface area contributed by atoms with Gasteiger partial charge in [0.05, 0.1) is 32.0 Å². The number of carbonyl (C=O) groups is 2. The Bertz CT molecular complexity index is 1460. The third-order valence-corrected chi connectivity index (χ3v) is 7.48. The molecule has 0 aliphatic carbocycles. The van der Waals surface area contributed by atoms with Crippen molar-refractivity contribution in [2.24, 2.45) is 0 Å². The molecule has 2 fully saturated rings. The number of hydrogen-bond donors (Lipinski definition) is 2. The predicted octanol–water partition coefficient (Wildman–Crippen LogP) is 2.91. The predicted molar refractivity (Wildman–Crippen MR) is 146 cm³/mol.